The van der Waals surface area contributed by atoms with Gasteiger partial charge in [0.15, 0.2) is 0 Å². The van der Waals surface area contributed by atoms with Crippen LogP contribution in [0.25, 0.3) is 0 Å². The Morgan fingerprint density at radius 3 is 3.17 bits per heavy atom. The minimum absolute atomic E-state index is 0.0224. The highest BCUT2D eigenvalue weighted by Gasteiger charge is 2.24. The lowest BCUT2D eigenvalue weighted by atomic mass is 10.1. The van der Waals surface area contributed by atoms with Crippen LogP contribution in [0.15, 0.2) is 11.4 Å². The lowest BCUT2D eigenvalue weighted by Crippen LogP contribution is -2.35. The van der Waals surface area contributed by atoms with E-state index in [1.807, 2.05) is 4.90 Å². The van der Waals surface area contributed by atoms with Crippen LogP contribution in [0.4, 0.5) is 5.13 Å². The van der Waals surface area contributed by atoms with Gasteiger partial charge in [-0.2, -0.15) is 0 Å². The Labute approximate surface area is 112 Å². The van der Waals surface area contributed by atoms with Crippen molar-refractivity contribution in [3.05, 3.63) is 26.9 Å². The molecular weight excluding hydrogens is 268 g/mol. The molecule has 0 saturated carbocycles. The predicted octanol–water partition coefficient (Wildman–Crippen LogP) is 1.84. The summed E-state index contributed by atoms with van der Waals surface area (Å²) in [5.41, 5.74) is 1.26. The maximum atomic E-state index is 12.3. The van der Waals surface area contributed by atoms with Crippen LogP contribution in [0.3, 0.4) is 0 Å². The monoisotopic (exact) mass is 280 g/mol. The largest absolute Gasteiger partial charge is 0.363 e. The summed E-state index contributed by atoms with van der Waals surface area (Å²) in [5.74, 6) is -0.0224. The molecule has 3 rings (SSSR count). The van der Waals surface area contributed by atoms with Gasteiger partial charge >= 0.3 is 0 Å². The Morgan fingerprint density at radius 1 is 1.50 bits per heavy atom. The van der Waals surface area contributed by atoms with E-state index in [1.165, 1.54) is 21.8 Å². The van der Waals surface area contributed by atoms with Crippen LogP contribution in [0, 0.1) is 0 Å². The van der Waals surface area contributed by atoms with Gasteiger partial charge in [0, 0.05) is 25.0 Å². The van der Waals surface area contributed by atoms with Gasteiger partial charge in [-0.15, -0.1) is 21.5 Å². The van der Waals surface area contributed by atoms with Gasteiger partial charge in [0.25, 0.3) is 5.91 Å². The number of carbonyl (C=O) groups excluding carboxylic acids is 1. The normalized spacial score (nSPS) is 14.4. The number of amides is 1. The third-order valence-corrected chi connectivity index (χ3v) is 4.87. The molecule has 0 atom stereocenters. The van der Waals surface area contributed by atoms with E-state index in [2.05, 4.69) is 27.0 Å². The average molecular weight is 280 g/mol. The molecule has 0 bridgehead atoms. The molecule has 1 aliphatic heterocycles. The molecule has 0 radical (unpaired) electrons. The molecule has 3 heterocycles. The van der Waals surface area contributed by atoms with Crippen molar-refractivity contribution < 1.29 is 4.79 Å². The maximum absolute atomic E-state index is 12.3. The molecule has 94 valence electrons. The number of anilines is 1. The number of carbonyl (C=O) groups is 1. The van der Waals surface area contributed by atoms with Crippen LogP contribution in [0.5, 0.6) is 0 Å². The van der Waals surface area contributed by atoms with E-state index in [-0.39, 0.29) is 5.91 Å². The van der Waals surface area contributed by atoms with Gasteiger partial charge in [-0.1, -0.05) is 11.3 Å². The van der Waals surface area contributed by atoms with E-state index >= 15 is 0 Å². The summed E-state index contributed by atoms with van der Waals surface area (Å²) in [4.78, 5) is 15.5. The SMILES string of the molecule is CNc1nnc(C(=O)N2CCc3sccc3C2)s1. The van der Waals surface area contributed by atoms with Gasteiger partial charge in [0.1, 0.15) is 0 Å². The van der Waals surface area contributed by atoms with Crippen LogP contribution in [-0.4, -0.2) is 34.6 Å². The molecule has 7 heteroatoms. The summed E-state index contributed by atoms with van der Waals surface area (Å²) in [7, 11) is 1.77. The van der Waals surface area contributed by atoms with Crippen molar-refractivity contribution in [1.82, 2.24) is 15.1 Å². The number of thiophene rings is 1. The molecule has 0 aromatic carbocycles. The number of hydrogen-bond acceptors (Lipinski definition) is 6. The molecule has 2 aromatic rings. The van der Waals surface area contributed by atoms with Gasteiger partial charge in [-0.3, -0.25) is 4.79 Å². The van der Waals surface area contributed by atoms with Crippen LogP contribution >= 0.6 is 22.7 Å². The van der Waals surface area contributed by atoms with Crippen molar-refractivity contribution in [2.45, 2.75) is 13.0 Å². The number of nitrogens with zero attached hydrogens (tertiary/aromatic N) is 3. The zero-order valence-electron chi connectivity index (χ0n) is 9.84. The van der Waals surface area contributed by atoms with Crippen LogP contribution in [0.1, 0.15) is 20.2 Å². The number of fused-ring (bicyclic) bond motifs is 1. The minimum atomic E-state index is -0.0224. The van der Waals surface area contributed by atoms with Crippen molar-refractivity contribution in [1.29, 1.82) is 0 Å². The van der Waals surface area contributed by atoms with Gasteiger partial charge in [0.2, 0.25) is 10.1 Å². The van der Waals surface area contributed by atoms with Gasteiger partial charge in [0.05, 0.1) is 0 Å². The number of rotatable bonds is 2. The van der Waals surface area contributed by atoms with Crippen molar-refractivity contribution in [2.24, 2.45) is 0 Å². The average Bonchev–Trinajstić information content (AvgIpc) is 3.05. The summed E-state index contributed by atoms with van der Waals surface area (Å²) in [6.07, 6.45) is 0.941. The van der Waals surface area contributed by atoms with E-state index in [0.29, 0.717) is 16.7 Å². The Morgan fingerprint density at radius 2 is 2.39 bits per heavy atom. The topological polar surface area (TPSA) is 58.1 Å². The van der Waals surface area contributed by atoms with Crippen LogP contribution in [0.2, 0.25) is 0 Å². The highest BCUT2D eigenvalue weighted by Crippen LogP contribution is 2.26. The summed E-state index contributed by atoms with van der Waals surface area (Å²) in [6.45, 7) is 1.45. The molecule has 1 amide bonds. The summed E-state index contributed by atoms with van der Waals surface area (Å²) < 4.78 is 0. The van der Waals surface area contributed by atoms with E-state index in [1.54, 1.807) is 18.4 Å². The van der Waals surface area contributed by atoms with E-state index in [0.717, 1.165) is 13.0 Å². The summed E-state index contributed by atoms with van der Waals surface area (Å²) in [5, 5.41) is 13.9. The molecule has 1 aliphatic rings. The van der Waals surface area contributed by atoms with Gasteiger partial charge in [-0.05, 0) is 23.4 Å². The van der Waals surface area contributed by atoms with Crippen LogP contribution < -0.4 is 5.32 Å². The summed E-state index contributed by atoms with van der Waals surface area (Å²) in [6, 6.07) is 2.10. The fraction of sp³-hybridized carbons (Fsp3) is 0.364. The highest BCUT2D eigenvalue weighted by molar-refractivity contribution is 7.17. The van der Waals surface area contributed by atoms with Crippen molar-refractivity contribution in [2.75, 3.05) is 18.9 Å². The smallest absolute Gasteiger partial charge is 0.285 e. The van der Waals surface area contributed by atoms with E-state index in [9.17, 15) is 4.79 Å². The number of aromatic nitrogens is 2. The first-order valence-electron chi connectivity index (χ1n) is 5.63. The van der Waals surface area contributed by atoms with Crippen LogP contribution in [-0.2, 0) is 13.0 Å². The molecule has 1 N–H and O–H groups in total. The second kappa shape index (κ2) is 4.66. The molecular formula is C11H12N4OS2. The fourth-order valence-corrected chi connectivity index (χ4v) is 3.52. The van der Waals surface area contributed by atoms with Gasteiger partial charge in [-0.25, -0.2) is 0 Å². The maximum Gasteiger partial charge on any atom is 0.285 e. The number of nitrogens with one attached hydrogen (secondary N) is 1. The van der Waals surface area contributed by atoms with Gasteiger partial charge < -0.3 is 10.2 Å². The molecule has 18 heavy (non-hydrogen) atoms. The second-order valence-electron chi connectivity index (χ2n) is 4.01. The molecule has 0 unspecified atom stereocenters. The lowest BCUT2D eigenvalue weighted by Gasteiger charge is -2.25. The second-order valence-corrected chi connectivity index (χ2v) is 5.99. The zero-order valence-corrected chi connectivity index (χ0v) is 11.5. The Kier molecular flexibility index (Phi) is 3.00. The van der Waals surface area contributed by atoms with Crippen molar-refractivity contribution >= 4 is 33.7 Å². The molecule has 0 saturated heterocycles. The lowest BCUT2D eigenvalue weighted by molar-refractivity contribution is 0.0734. The Bertz CT molecular complexity index is 577. The molecule has 0 spiro atoms. The molecule has 2 aromatic heterocycles. The number of hydrogen-bond donors (Lipinski definition) is 1. The molecule has 5 nitrogen and oxygen atoms in total. The summed E-state index contributed by atoms with van der Waals surface area (Å²) >= 11 is 3.07. The first-order valence-corrected chi connectivity index (χ1v) is 7.33. The standard InChI is InChI=1S/C11H12N4OS2/c1-12-11-14-13-9(18-11)10(16)15-4-2-8-7(6-15)3-5-17-8/h3,5H,2,4,6H2,1H3,(H,12,14). The third-order valence-electron chi connectivity index (χ3n) is 2.92. The highest BCUT2D eigenvalue weighted by atomic mass is 32.1. The fourth-order valence-electron chi connectivity index (χ4n) is 1.97. The first kappa shape index (κ1) is 11.6. The Hall–Kier alpha value is -1.47. The van der Waals surface area contributed by atoms with Crippen molar-refractivity contribution in [3.8, 4) is 0 Å². The third kappa shape index (κ3) is 1.99. The van der Waals surface area contributed by atoms with Crippen molar-refractivity contribution in [3.63, 3.8) is 0 Å². The Balaban J connectivity index is 1.78. The zero-order chi connectivity index (χ0) is 12.5. The molecule has 0 aliphatic carbocycles. The first-order chi connectivity index (χ1) is 8.78. The quantitative estimate of drug-likeness (QED) is 0.912. The predicted molar refractivity (Wildman–Crippen MR) is 72.2 cm³/mol. The molecule has 0 fully saturated rings. The van der Waals surface area contributed by atoms with E-state index in [4.69, 9.17) is 0 Å². The van der Waals surface area contributed by atoms with E-state index < -0.39 is 0 Å². The minimum Gasteiger partial charge on any atom is -0.363 e.